The van der Waals surface area contributed by atoms with Gasteiger partial charge in [0.25, 0.3) is 5.91 Å². The lowest BCUT2D eigenvalue weighted by Crippen LogP contribution is -2.15. The summed E-state index contributed by atoms with van der Waals surface area (Å²) >= 11 is 4.00. The summed E-state index contributed by atoms with van der Waals surface area (Å²) in [5, 5.41) is 1.80. The molecule has 0 saturated carbocycles. The molecule has 0 bridgehead atoms. The Hall–Kier alpha value is -2.02. The van der Waals surface area contributed by atoms with Crippen molar-refractivity contribution in [1.29, 1.82) is 0 Å². The topological polar surface area (TPSA) is 29.1 Å². The molecular weight excluding hydrogens is 294 g/mol. The van der Waals surface area contributed by atoms with Crippen LogP contribution in [0.1, 0.15) is 10.4 Å². The maximum atomic E-state index is 13.4. The first kappa shape index (κ1) is 14.4. The second kappa shape index (κ2) is 5.54. The van der Waals surface area contributed by atoms with Crippen LogP contribution in [0, 0.1) is 23.3 Å². The van der Waals surface area contributed by atoms with Gasteiger partial charge in [0.15, 0.2) is 23.3 Å². The maximum absolute atomic E-state index is 13.4. The maximum Gasteiger partial charge on any atom is 0.255 e. The lowest BCUT2D eigenvalue weighted by Gasteiger charge is -2.09. The molecule has 0 aliphatic carbocycles. The molecule has 0 spiro atoms. The number of amides is 1. The summed E-state index contributed by atoms with van der Waals surface area (Å²) in [7, 11) is 0. The second-order valence-corrected chi connectivity index (χ2v) is 4.36. The highest BCUT2D eigenvalue weighted by molar-refractivity contribution is 7.80. The summed E-state index contributed by atoms with van der Waals surface area (Å²) in [6.45, 7) is 0. The van der Waals surface area contributed by atoms with Crippen LogP contribution in [0.2, 0.25) is 0 Å². The van der Waals surface area contributed by atoms with E-state index in [9.17, 15) is 22.4 Å². The number of hydrogen-bond acceptors (Lipinski definition) is 2. The smallest absolute Gasteiger partial charge is 0.255 e. The molecule has 2 rings (SSSR count). The molecule has 0 radical (unpaired) electrons. The summed E-state index contributed by atoms with van der Waals surface area (Å²) in [6.07, 6.45) is 0. The normalized spacial score (nSPS) is 10.4. The van der Waals surface area contributed by atoms with Gasteiger partial charge in [-0.1, -0.05) is 6.07 Å². The van der Waals surface area contributed by atoms with Gasteiger partial charge in [-0.2, -0.15) is 0 Å². The number of halogens is 4. The highest BCUT2D eigenvalue weighted by atomic mass is 32.1. The molecular formula is C13H7F4NOS. The van der Waals surface area contributed by atoms with E-state index in [1.165, 1.54) is 18.2 Å². The van der Waals surface area contributed by atoms with Crippen molar-refractivity contribution in [3.63, 3.8) is 0 Å². The predicted molar refractivity (Wildman–Crippen MR) is 67.9 cm³/mol. The van der Waals surface area contributed by atoms with Crippen molar-refractivity contribution in [2.24, 2.45) is 0 Å². The van der Waals surface area contributed by atoms with Gasteiger partial charge >= 0.3 is 0 Å². The van der Waals surface area contributed by atoms with Crippen LogP contribution < -0.4 is 5.32 Å². The van der Waals surface area contributed by atoms with Gasteiger partial charge in [0.2, 0.25) is 0 Å². The Bertz CT molecular complexity index is 664. The largest absolute Gasteiger partial charge is 0.317 e. The van der Waals surface area contributed by atoms with E-state index < -0.39 is 34.9 Å². The minimum atomic E-state index is -1.67. The molecule has 2 nitrogen and oxygen atoms in total. The number of carbonyl (C=O) groups is 1. The molecule has 1 N–H and O–H groups in total. The van der Waals surface area contributed by atoms with E-state index >= 15 is 0 Å². The summed E-state index contributed by atoms with van der Waals surface area (Å²) in [4.78, 5) is 12.2. The highest BCUT2D eigenvalue weighted by Crippen LogP contribution is 2.24. The molecule has 20 heavy (non-hydrogen) atoms. The van der Waals surface area contributed by atoms with Gasteiger partial charge in [0.05, 0.1) is 0 Å². The number of nitrogens with one attached hydrogen (secondary N) is 1. The number of thiol groups is 1. The minimum Gasteiger partial charge on any atom is -0.317 e. The van der Waals surface area contributed by atoms with Crippen LogP contribution in [0.15, 0.2) is 35.2 Å². The van der Waals surface area contributed by atoms with Crippen molar-refractivity contribution in [1.82, 2.24) is 0 Å². The lowest BCUT2D eigenvalue weighted by atomic mass is 10.2. The van der Waals surface area contributed by atoms with Crippen LogP contribution in [0.4, 0.5) is 23.2 Å². The fourth-order valence-corrected chi connectivity index (χ4v) is 1.74. The Labute approximate surface area is 116 Å². The zero-order valence-electron chi connectivity index (χ0n) is 9.75. The summed E-state index contributed by atoms with van der Waals surface area (Å²) in [5.41, 5.74) is -1.13. The molecule has 0 atom stereocenters. The zero-order chi connectivity index (χ0) is 14.9. The molecule has 0 fully saturated rings. The first-order valence-corrected chi connectivity index (χ1v) is 5.78. The van der Waals surface area contributed by atoms with Crippen molar-refractivity contribution < 1.29 is 22.4 Å². The van der Waals surface area contributed by atoms with E-state index in [0.717, 1.165) is 0 Å². The Morgan fingerprint density at radius 1 is 1.00 bits per heavy atom. The minimum absolute atomic E-state index is 0.0426. The van der Waals surface area contributed by atoms with E-state index in [4.69, 9.17) is 0 Å². The summed E-state index contributed by atoms with van der Waals surface area (Å²) in [6, 6.07) is 5.85. The molecule has 7 heteroatoms. The van der Waals surface area contributed by atoms with E-state index in [1.54, 1.807) is 11.4 Å². The Morgan fingerprint density at radius 2 is 1.60 bits per heavy atom. The number of benzene rings is 2. The predicted octanol–water partition coefficient (Wildman–Crippen LogP) is 3.78. The molecule has 1 amide bonds. The van der Waals surface area contributed by atoms with Crippen molar-refractivity contribution in [2.75, 3.05) is 5.32 Å². The summed E-state index contributed by atoms with van der Waals surface area (Å²) < 4.78 is 52.8. The first-order chi connectivity index (χ1) is 9.40. The third-order valence-corrected chi connectivity index (χ3v) is 2.74. The molecule has 0 heterocycles. The number of rotatable bonds is 2. The van der Waals surface area contributed by atoms with Crippen LogP contribution in [0.5, 0.6) is 0 Å². The molecule has 0 unspecified atom stereocenters. The zero-order valence-corrected chi connectivity index (χ0v) is 10.6. The van der Waals surface area contributed by atoms with Crippen molar-refractivity contribution >= 4 is 24.2 Å². The molecule has 0 aliphatic rings. The molecule has 0 aromatic heterocycles. The Balaban J connectivity index is 2.38. The van der Waals surface area contributed by atoms with E-state index in [0.29, 0.717) is 4.90 Å². The first-order valence-electron chi connectivity index (χ1n) is 5.33. The van der Waals surface area contributed by atoms with Crippen molar-refractivity contribution in [3.8, 4) is 0 Å². The van der Waals surface area contributed by atoms with Crippen LogP contribution in [-0.2, 0) is 0 Å². The fourth-order valence-electron chi connectivity index (χ4n) is 1.52. The van der Waals surface area contributed by atoms with E-state index in [1.807, 2.05) is 0 Å². The number of carbonyl (C=O) groups excluding carboxylic acids is 1. The molecule has 104 valence electrons. The monoisotopic (exact) mass is 301 g/mol. The quantitative estimate of drug-likeness (QED) is 0.493. The average molecular weight is 301 g/mol. The third-order valence-electron chi connectivity index (χ3n) is 2.46. The average Bonchev–Trinajstić information content (AvgIpc) is 2.41. The standard InChI is InChI=1S/C13H7F4NOS/c14-8-5-9(15)11(17)12(10(8)16)18-13(19)6-2-1-3-7(20)4-6/h1-5,20H,(H,18,19). The lowest BCUT2D eigenvalue weighted by molar-refractivity contribution is 0.102. The van der Waals surface area contributed by atoms with Crippen LogP contribution in [0.3, 0.4) is 0 Å². The van der Waals surface area contributed by atoms with Gasteiger partial charge in [0, 0.05) is 16.5 Å². The third kappa shape index (κ3) is 2.77. The molecule has 0 saturated heterocycles. The van der Waals surface area contributed by atoms with Crippen LogP contribution >= 0.6 is 12.6 Å². The van der Waals surface area contributed by atoms with E-state index in [-0.39, 0.29) is 11.6 Å². The molecule has 0 aliphatic heterocycles. The van der Waals surface area contributed by atoms with E-state index in [2.05, 4.69) is 12.6 Å². The van der Waals surface area contributed by atoms with Gasteiger partial charge in [-0.15, -0.1) is 12.6 Å². The highest BCUT2D eigenvalue weighted by Gasteiger charge is 2.21. The van der Waals surface area contributed by atoms with Crippen LogP contribution in [-0.4, -0.2) is 5.91 Å². The SMILES string of the molecule is O=C(Nc1c(F)c(F)cc(F)c1F)c1cccc(S)c1. The Kier molecular flexibility index (Phi) is 3.99. The fraction of sp³-hybridized carbons (Fsp3) is 0. The van der Waals surface area contributed by atoms with Gasteiger partial charge in [-0.3, -0.25) is 4.79 Å². The molecule has 2 aromatic carbocycles. The second-order valence-electron chi connectivity index (χ2n) is 3.85. The van der Waals surface area contributed by atoms with Gasteiger partial charge in [-0.05, 0) is 18.2 Å². The summed E-state index contributed by atoms with van der Waals surface area (Å²) in [5.74, 6) is -7.44. The van der Waals surface area contributed by atoms with Gasteiger partial charge in [-0.25, -0.2) is 17.6 Å². The van der Waals surface area contributed by atoms with Crippen molar-refractivity contribution in [2.45, 2.75) is 4.90 Å². The van der Waals surface area contributed by atoms with Crippen LogP contribution in [0.25, 0.3) is 0 Å². The van der Waals surface area contributed by atoms with Crippen molar-refractivity contribution in [3.05, 3.63) is 59.2 Å². The Morgan fingerprint density at radius 3 is 2.15 bits per heavy atom. The number of anilines is 1. The van der Waals surface area contributed by atoms with Gasteiger partial charge < -0.3 is 5.32 Å². The van der Waals surface area contributed by atoms with Gasteiger partial charge in [0.1, 0.15) is 5.69 Å². The number of hydrogen-bond donors (Lipinski definition) is 2. The molecule has 2 aromatic rings.